The third-order valence-corrected chi connectivity index (χ3v) is 5.21. The Hall–Kier alpha value is -1.96. The number of hydrogen-bond acceptors (Lipinski definition) is 2. The summed E-state index contributed by atoms with van der Waals surface area (Å²) in [6, 6.07) is 16.1. The van der Waals surface area contributed by atoms with E-state index in [0.29, 0.717) is 5.75 Å². The topological polar surface area (TPSA) is 29.5 Å². The number of phenols is 1. The highest BCUT2D eigenvalue weighted by molar-refractivity contribution is 5.50. The molecule has 2 atom stereocenters. The fraction of sp³-hybridized carbons (Fsp3) is 0.400. The molecule has 2 heteroatoms. The van der Waals surface area contributed by atoms with Gasteiger partial charge in [-0.1, -0.05) is 44.2 Å². The Labute approximate surface area is 132 Å². The standard InChI is InChI=1S/C20H24O2/c1-4-19(3)14-20(5-2,15-10-12-16(21)13-11-15)17-8-6-7-9-18(17)22-19/h6-13,21H,4-5,14H2,1-3H3. The van der Waals surface area contributed by atoms with E-state index in [0.717, 1.165) is 25.0 Å². The van der Waals surface area contributed by atoms with Gasteiger partial charge in [0.1, 0.15) is 17.1 Å². The van der Waals surface area contributed by atoms with Crippen LogP contribution in [0.1, 0.15) is 51.2 Å². The number of benzene rings is 2. The summed E-state index contributed by atoms with van der Waals surface area (Å²) in [7, 11) is 0. The van der Waals surface area contributed by atoms with Crippen molar-refractivity contribution >= 4 is 0 Å². The van der Waals surface area contributed by atoms with Crippen molar-refractivity contribution in [1.29, 1.82) is 0 Å². The SMILES string of the molecule is CCC1(C)CC(CC)(c2ccc(O)cc2)c2ccccc2O1. The minimum atomic E-state index is -0.164. The molecule has 1 heterocycles. The fourth-order valence-electron chi connectivity index (χ4n) is 3.74. The van der Waals surface area contributed by atoms with E-state index in [1.165, 1.54) is 11.1 Å². The smallest absolute Gasteiger partial charge is 0.124 e. The molecule has 1 aliphatic rings. The Balaban J connectivity index is 2.22. The van der Waals surface area contributed by atoms with Crippen LogP contribution in [-0.4, -0.2) is 10.7 Å². The summed E-state index contributed by atoms with van der Waals surface area (Å²) >= 11 is 0. The lowest BCUT2D eigenvalue weighted by molar-refractivity contribution is 0.0322. The lowest BCUT2D eigenvalue weighted by Crippen LogP contribution is -2.46. The van der Waals surface area contributed by atoms with Crippen molar-refractivity contribution in [3.8, 4) is 11.5 Å². The molecule has 1 N–H and O–H groups in total. The van der Waals surface area contributed by atoms with Crippen molar-refractivity contribution in [1.82, 2.24) is 0 Å². The highest BCUT2D eigenvalue weighted by Gasteiger charge is 2.46. The molecule has 0 radical (unpaired) electrons. The van der Waals surface area contributed by atoms with Gasteiger partial charge in [-0.3, -0.25) is 0 Å². The van der Waals surface area contributed by atoms with Gasteiger partial charge in [-0.2, -0.15) is 0 Å². The summed E-state index contributed by atoms with van der Waals surface area (Å²) < 4.78 is 6.32. The van der Waals surface area contributed by atoms with Gasteiger partial charge in [-0.25, -0.2) is 0 Å². The van der Waals surface area contributed by atoms with Gasteiger partial charge in [0.2, 0.25) is 0 Å². The highest BCUT2D eigenvalue weighted by atomic mass is 16.5. The van der Waals surface area contributed by atoms with E-state index in [2.05, 4.69) is 51.1 Å². The molecule has 0 bridgehead atoms. The molecule has 0 fully saturated rings. The monoisotopic (exact) mass is 296 g/mol. The Morgan fingerprint density at radius 1 is 1.00 bits per heavy atom. The lowest BCUT2D eigenvalue weighted by Gasteiger charge is -2.47. The maximum atomic E-state index is 9.63. The number of phenolic OH excluding ortho intramolecular Hbond substituents is 1. The molecule has 0 aliphatic carbocycles. The summed E-state index contributed by atoms with van der Waals surface area (Å²) in [5.41, 5.74) is 2.28. The van der Waals surface area contributed by atoms with E-state index in [4.69, 9.17) is 4.74 Å². The summed E-state index contributed by atoms with van der Waals surface area (Å²) in [6.07, 6.45) is 2.93. The van der Waals surface area contributed by atoms with E-state index in [-0.39, 0.29) is 11.0 Å². The second kappa shape index (κ2) is 5.35. The zero-order chi connectivity index (χ0) is 15.8. The van der Waals surface area contributed by atoms with Crippen LogP contribution < -0.4 is 4.74 Å². The number of rotatable bonds is 3. The molecule has 0 saturated carbocycles. The molecule has 2 aromatic rings. The van der Waals surface area contributed by atoms with Gasteiger partial charge in [0.15, 0.2) is 0 Å². The van der Waals surface area contributed by atoms with Gasteiger partial charge < -0.3 is 9.84 Å². The molecule has 1 aliphatic heterocycles. The first-order chi connectivity index (χ1) is 10.5. The highest BCUT2D eigenvalue weighted by Crippen LogP contribution is 2.51. The van der Waals surface area contributed by atoms with Crippen LogP contribution >= 0.6 is 0 Å². The summed E-state index contributed by atoms with van der Waals surface area (Å²) in [5.74, 6) is 1.31. The molecule has 116 valence electrons. The molecule has 0 spiro atoms. The molecule has 0 aromatic heterocycles. The summed E-state index contributed by atoms with van der Waals surface area (Å²) in [6.45, 7) is 6.63. The zero-order valence-electron chi connectivity index (χ0n) is 13.6. The van der Waals surface area contributed by atoms with Crippen molar-refractivity contribution in [3.05, 3.63) is 59.7 Å². The largest absolute Gasteiger partial charge is 0.508 e. The van der Waals surface area contributed by atoms with Gasteiger partial charge in [0, 0.05) is 17.4 Å². The third-order valence-electron chi connectivity index (χ3n) is 5.21. The summed E-state index contributed by atoms with van der Waals surface area (Å²) in [4.78, 5) is 0. The van der Waals surface area contributed by atoms with Crippen LogP contribution in [0.4, 0.5) is 0 Å². The number of aromatic hydroxyl groups is 1. The first-order valence-corrected chi connectivity index (χ1v) is 8.11. The quantitative estimate of drug-likeness (QED) is 0.860. The fourth-order valence-corrected chi connectivity index (χ4v) is 3.74. The van der Waals surface area contributed by atoms with Crippen molar-refractivity contribution in [2.45, 2.75) is 51.0 Å². The predicted molar refractivity (Wildman–Crippen MR) is 89.6 cm³/mol. The Kier molecular flexibility index (Phi) is 3.64. The van der Waals surface area contributed by atoms with Crippen LogP contribution in [0.25, 0.3) is 0 Å². The number of para-hydroxylation sites is 1. The molecular weight excluding hydrogens is 272 g/mol. The average molecular weight is 296 g/mol. The van der Waals surface area contributed by atoms with E-state index in [9.17, 15) is 5.11 Å². The van der Waals surface area contributed by atoms with Crippen molar-refractivity contribution < 1.29 is 9.84 Å². The van der Waals surface area contributed by atoms with Gasteiger partial charge >= 0.3 is 0 Å². The second-order valence-electron chi connectivity index (χ2n) is 6.56. The van der Waals surface area contributed by atoms with Crippen LogP contribution in [0.15, 0.2) is 48.5 Å². The molecule has 0 saturated heterocycles. The Morgan fingerprint density at radius 2 is 1.68 bits per heavy atom. The van der Waals surface area contributed by atoms with Crippen LogP contribution in [0.5, 0.6) is 11.5 Å². The maximum absolute atomic E-state index is 9.63. The molecular formula is C20H24O2. The van der Waals surface area contributed by atoms with Gasteiger partial charge in [-0.15, -0.1) is 0 Å². The van der Waals surface area contributed by atoms with Crippen LogP contribution in [0.2, 0.25) is 0 Å². The van der Waals surface area contributed by atoms with E-state index >= 15 is 0 Å². The minimum absolute atomic E-state index is 0.0622. The zero-order valence-corrected chi connectivity index (χ0v) is 13.6. The van der Waals surface area contributed by atoms with Crippen LogP contribution in [0.3, 0.4) is 0 Å². The van der Waals surface area contributed by atoms with Crippen LogP contribution in [-0.2, 0) is 5.41 Å². The number of hydrogen-bond donors (Lipinski definition) is 1. The lowest BCUT2D eigenvalue weighted by atomic mass is 9.64. The average Bonchev–Trinajstić information content (AvgIpc) is 2.54. The van der Waals surface area contributed by atoms with Gasteiger partial charge in [-0.05, 0) is 43.5 Å². The third kappa shape index (κ3) is 2.27. The minimum Gasteiger partial charge on any atom is -0.508 e. The van der Waals surface area contributed by atoms with Crippen molar-refractivity contribution in [3.63, 3.8) is 0 Å². The molecule has 2 nitrogen and oxygen atoms in total. The van der Waals surface area contributed by atoms with E-state index in [1.807, 2.05) is 6.07 Å². The Bertz CT molecular complexity index is 662. The second-order valence-corrected chi connectivity index (χ2v) is 6.56. The molecule has 2 unspecified atom stereocenters. The molecule has 3 rings (SSSR count). The number of fused-ring (bicyclic) bond motifs is 1. The molecule has 0 amide bonds. The maximum Gasteiger partial charge on any atom is 0.124 e. The first-order valence-electron chi connectivity index (χ1n) is 8.11. The van der Waals surface area contributed by atoms with Crippen molar-refractivity contribution in [2.24, 2.45) is 0 Å². The molecule has 22 heavy (non-hydrogen) atoms. The van der Waals surface area contributed by atoms with E-state index in [1.54, 1.807) is 12.1 Å². The summed E-state index contributed by atoms with van der Waals surface area (Å²) in [5, 5.41) is 9.63. The van der Waals surface area contributed by atoms with Gasteiger partial charge in [0.05, 0.1) is 0 Å². The van der Waals surface area contributed by atoms with E-state index < -0.39 is 0 Å². The first kappa shape index (κ1) is 15.0. The predicted octanol–water partition coefficient (Wildman–Crippen LogP) is 5.04. The van der Waals surface area contributed by atoms with Crippen molar-refractivity contribution in [2.75, 3.05) is 0 Å². The molecule has 2 aromatic carbocycles. The number of ether oxygens (including phenoxy) is 1. The van der Waals surface area contributed by atoms with Gasteiger partial charge in [0.25, 0.3) is 0 Å². The normalized spacial score (nSPS) is 27.0. The Morgan fingerprint density at radius 3 is 2.32 bits per heavy atom. The van der Waals surface area contributed by atoms with Crippen LogP contribution in [0, 0.1) is 0 Å².